The Hall–Kier alpha value is -0.120. The Labute approximate surface area is 119 Å². The van der Waals surface area contributed by atoms with Gasteiger partial charge in [-0.1, -0.05) is 26.2 Å². The monoisotopic (exact) mass is 268 g/mol. The first-order valence-electron chi connectivity index (χ1n) is 8.28. The van der Waals surface area contributed by atoms with Crippen molar-refractivity contribution in [1.29, 1.82) is 0 Å². The summed E-state index contributed by atoms with van der Waals surface area (Å²) in [6, 6.07) is 0.596. The van der Waals surface area contributed by atoms with Gasteiger partial charge in [0.1, 0.15) is 0 Å². The maximum absolute atomic E-state index is 5.58. The third-order valence-corrected chi connectivity index (χ3v) is 4.88. The van der Waals surface area contributed by atoms with Crippen LogP contribution in [0.4, 0.5) is 0 Å². The van der Waals surface area contributed by atoms with Crippen LogP contribution in [0.25, 0.3) is 0 Å². The minimum atomic E-state index is 0.527. The highest BCUT2D eigenvalue weighted by Gasteiger charge is 2.35. The molecule has 0 aromatic heterocycles. The molecule has 1 atom stereocenters. The molecule has 3 nitrogen and oxygen atoms in total. The van der Waals surface area contributed by atoms with E-state index in [-0.39, 0.29) is 0 Å². The van der Waals surface area contributed by atoms with Gasteiger partial charge in [-0.3, -0.25) is 4.90 Å². The van der Waals surface area contributed by atoms with Crippen molar-refractivity contribution in [2.45, 2.75) is 58.4 Å². The number of nitrogens with one attached hydrogen (secondary N) is 1. The van der Waals surface area contributed by atoms with E-state index >= 15 is 0 Å². The lowest BCUT2D eigenvalue weighted by atomic mass is 9.73. The van der Waals surface area contributed by atoms with Gasteiger partial charge >= 0.3 is 0 Å². The van der Waals surface area contributed by atoms with Crippen LogP contribution in [0.1, 0.15) is 52.4 Å². The van der Waals surface area contributed by atoms with Gasteiger partial charge in [0.05, 0.1) is 13.2 Å². The molecule has 0 spiro atoms. The molecule has 19 heavy (non-hydrogen) atoms. The molecule has 1 unspecified atom stereocenters. The maximum Gasteiger partial charge on any atom is 0.0619 e. The zero-order valence-electron chi connectivity index (χ0n) is 12.9. The van der Waals surface area contributed by atoms with Gasteiger partial charge in [-0.25, -0.2) is 0 Å². The third kappa shape index (κ3) is 4.44. The highest BCUT2D eigenvalue weighted by molar-refractivity contribution is 4.89. The zero-order chi connectivity index (χ0) is 13.6. The standard InChI is InChI=1S/C16H32N2O/c1-3-9-17-13-16(7-5-4-6-8-16)14-18-10-11-19-12-15(18)2/h15,17H,3-14H2,1-2H3. The molecule has 1 aliphatic carbocycles. The molecule has 1 aliphatic heterocycles. The van der Waals surface area contributed by atoms with E-state index in [9.17, 15) is 0 Å². The topological polar surface area (TPSA) is 24.5 Å². The minimum Gasteiger partial charge on any atom is -0.379 e. The first-order chi connectivity index (χ1) is 9.26. The Morgan fingerprint density at radius 2 is 2.05 bits per heavy atom. The van der Waals surface area contributed by atoms with Crippen LogP contribution in [0.5, 0.6) is 0 Å². The molecule has 0 aromatic rings. The average molecular weight is 268 g/mol. The lowest BCUT2D eigenvalue weighted by molar-refractivity contribution is -0.0269. The van der Waals surface area contributed by atoms with E-state index in [2.05, 4.69) is 24.1 Å². The van der Waals surface area contributed by atoms with E-state index in [0.717, 1.165) is 19.8 Å². The van der Waals surface area contributed by atoms with E-state index < -0.39 is 0 Å². The number of ether oxygens (including phenoxy) is 1. The minimum absolute atomic E-state index is 0.527. The molecule has 0 bridgehead atoms. The van der Waals surface area contributed by atoms with Crippen LogP contribution >= 0.6 is 0 Å². The van der Waals surface area contributed by atoms with Gasteiger partial charge in [-0.15, -0.1) is 0 Å². The first kappa shape index (κ1) is 15.3. The molecule has 0 radical (unpaired) electrons. The van der Waals surface area contributed by atoms with Gasteiger partial charge in [0.25, 0.3) is 0 Å². The number of hydrogen-bond donors (Lipinski definition) is 1. The lowest BCUT2D eigenvalue weighted by Gasteiger charge is -2.44. The third-order valence-electron chi connectivity index (χ3n) is 4.88. The van der Waals surface area contributed by atoms with Crippen LogP contribution in [0, 0.1) is 5.41 Å². The second-order valence-corrected chi connectivity index (χ2v) is 6.63. The molecule has 1 heterocycles. The predicted octanol–water partition coefficient (Wildman–Crippen LogP) is 2.66. The molecule has 2 fully saturated rings. The second kappa shape index (κ2) is 7.61. The second-order valence-electron chi connectivity index (χ2n) is 6.63. The van der Waals surface area contributed by atoms with Gasteiger partial charge in [0.15, 0.2) is 0 Å². The summed E-state index contributed by atoms with van der Waals surface area (Å²) in [7, 11) is 0. The molecule has 3 heteroatoms. The number of morpholine rings is 1. The Bertz CT molecular complexity index is 251. The van der Waals surface area contributed by atoms with Gasteiger partial charge < -0.3 is 10.1 Å². The highest BCUT2D eigenvalue weighted by atomic mass is 16.5. The SMILES string of the molecule is CCCNCC1(CN2CCOCC2C)CCCCC1. The Morgan fingerprint density at radius 3 is 2.74 bits per heavy atom. The molecule has 1 saturated carbocycles. The summed E-state index contributed by atoms with van der Waals surface area (Å²) in [4.78, 5) is 2.67. The van der Waals surface area contributed by atoms with Gasteiger partial charge in [-0.05, 0) is 38.1 Å². The Balaban J connectivity index is 1.91. The fraction of sp³-hybridized carbons (Fsp3) is 1.00. The summed E-state index contributed by atoms with van der Waals surface area (Å²) < 4.78 is 5.58. The van der Waals surface area contributed by atoms with Crippen LogP contribution in [0.15, 0.2) is 0 Å². The normalized spacial score (nSPS) is 28.4. The summed E-state index contributed by atoms with van der Waals surface area (Å²) in [5, 5.41) is 3.69. The molecule has 112 valence electrons. The van der Waals surface area contributed by atoms with Crippen molar-refractivity contribution in [3.63, 3.8) is 0 Å². The van der Waals surface area contributed by atoms with Crippen molar-refractivity contribution in [3.8, 4) is 0 Å². The summed E-state index contributed by atoms with van der Waals surface area (Å²) in [6.45, 7) is 11.2. The van der Waals surface area contributed by atoms with E-state index in [1.54, 1.807) is 0 Å². The van der Waals surface area contributed by atoms with Crippen LogP contribution < -0.4 is 5.32 Å². The summed E-state index contributed by atoms with van der Waals surface area (Å²) in [5.41, 5.74) is 0.527. The fourth-order valence-corrected chi connectivity index (χ4v) is 3.65. The zero-order valence-corrected chi connectivity index (χ0v) is 12.9. The maximum atomic E-state index is 5.58. The molecule has 2 aliphatic rings. The number of rotatable bonds is 6. The summed E-state index contributed by atoms with van der Waals surface area (Å²) >= 11 is 0. The summed E-state index contributed by atoms with van der Waals surface area (Å²) in [5.74, 6) is 0. The van der Waals surface area contributed by atoms with E-state index in [1.807, 2.05) is 0 Å². The Morgan fingerprint density at radius 1 is 1.26 bits per heavy atom. The van der Waals surface area contributed by atoms with Crippen LogP contribution in [-0.2, 0) is 4.74 Å². The first-order valence-corrected chi connectivity index (χ1v) is 8.28. The largest absolute Gasteiger partial charge is 0.379 e. The molecule has 2 rings (SSSR count). The summed E-state index contributed by atoms with van der Waals surface area (Å²) in [6.07, 6.45) is 8.35. The molecular formula is C16H32N2O. The van der Waals surface area contributed by atoms with Crippen molar-refractivity contribution in [2.24, 2.45) is 5.41 Å². The van der Waals surface area contributed by atoms with Gasteiger partial charge in [0.2, 0.25) is 0 Å². The molecule has 1 saturated heterocycles. The predicted molar refractivity (Wildman–Crippen MR) is 80.5 cm³/mol. The van der Waals surface area contributed by atoms with Crippen LogP contribution in [0.2, 0.25) is 0 Å². The molecule has 1 N–H and O–H groups in total. The molecule has 0 aromatic carbocycles. The van der Waals surface area contributed by atoms with Crippen LogP contribution in [-0.4, -0.2) is 50.3 Å². The van der Waals surface area contributed by atoms with Crippen LogP contribution in [0.3, 0.4) is 0 Å². The Kier molecular flexibility index (Phi) is 6.11. The van der Waals surface area contributed by atoms with Gasteiger partial charge in [-0.2, -0.15) is 0 Å². The lowest BCUT2D eigenvalue weighted by Crippen LogP contribution is -2.52. The van der Waals surface area contributed by atoms with Crippen molar-refractivity contribution >= 4 is 0 Å². The highest BCUT2D eigenvalue weighted by Crippen LogP contribution is 2.37. The fourth-order valence-electron chi connectivity index (χ4n) is 3.65. The molecule has 0 amide bonds. The van der Waals surface area contributed by atoms with Crippen molar-refractivity contribution in [1.82, 2.24) is 10.2 Å². The van der Waals surface area contributed by atoms with Crippen molar-refractivity contribution < 1.29 is 4.74 Å². The number of hydrogen-bond acceptors (Lipinski definition) is 3. The quantitative estimate of drug-likeness (QED) is 0.750. The van der Waals surface area contributed by atoms with E-state index in [4.69, 9.17) is 4.74 Å². The van der Waals surface area contributed by atoms with Crippen molar-refractivity contribution in [2.75, 3.05) is 39.4 Å². The van der Waals surface area contributed by atoms with E-state index in [0.29, 0.717) is 11.5 Å². The molecular weight excluding hydrogens is 236 g/mol. The van der Waals surface area contributed by atoms with E-state index in [1.165, 1.54) is 58.2 Å². The smallest absolute Gasteiger partial charge is 0.0619 e. The van der Waals surface area contributed by atoms with Crippen molar-refractivity contribution in [3.05, 3.63) is 0 Å². The van der Waals surface area contributed by atoms with Gasteiger partial charge in [0, 0.05) is 25.7 Å². The number of nitrogens with zero attached hydrogens (tertiary/aromatic N) is 1. The average Bonchev–Trinajstić information content (AvgIpc) is 2.43.